The van der Waals surface area contributed by atoms with E-state index in [0.29, 0.717) is 16.0 Å². The molecule has 1 heterocycles. The Morgan fingerprint density at radius 2 is 1.62 bits per heavy atom. The quantitative estimate of drug-likeness (QED) is 0.310. The first-order valence-corrected chi connectivity index (χ1v) is 13.8. The molecule has 2 N–H and O–H groups in total. The Balaban J connectivity index is 1.81. The molecule has 206 valence electrons. The van der Waals surface area contributed by atoms with Crippen molar-refractivity contribution in [3.63, 3.8) is 0 Å². The zero-order valence-electron chi connectivity index (χ0n) is 23.0. The molecule has 3 aromatic rings. The largest absolute Gasteiger partial charge is 0.480 e. The number of nitrogens with zero attached hydrogens (tertiary/aromatic N) is 1. The number of benzene rings is 2. The second-order valence-electron chi connectivity index (χ2n) is 11.9. The minimum absolute atomic E-state index is 0.0276. The maximum absolute atomic E-state index is 14.1. The number of aliphatic carboxylic acids is 1. The first kappa shape index (κ1) is 28.4. The van der Waals surface area contributed by atoms with Crippen LogP contribution < -0.4 is 9.64 Å². The Hall–Kier alpha value is -3.65. The maximum atomic E-state index is 14.1. The highest BCUT2D eigenvalue weighted by Crippen LogP contribution is 2.49. The lowest BCUT2D eigenvalue weighted by molar-refractivity contribution is -0.139. The number of hydrogen-bond donors (Lipinski definition) is 2. The Morgan fingerprint density at radius 3 is 2.21 bits per heavy atom. The summed E-state index contributed by atoms with van der Waals surface area (Å²) in [6.45, 7) is 10.1. The molecular weight excluding hydrogens is 514 g/mol. The molecule has 7 nitrogen and oxygen atoms in total. The molecule has 0 bridgehead atoms. The fourth-order valence-corrected chi connectivity index (χ4v) is 7.29. The molecule has 0 atom stereocenters. The van der Waals surface area contributed by atoms with Crippen LogP contribution in [0.15, 0.2) is 54.6 Å². The third kappa shape index (κ3) is 6.33. The van der Waals surface area contributed by atoms with Crippen LogP contribution in [0, 0.1) is 17.8 Å². The minimum Gasteiger partial charge on any atom is -0.480 e. The number of amides is 1. The zero-order chi connectivity index (χ0) is 28.5. The lowest BCUT2D eigenvalue weighted by Crippen LogP contribution is -2.49. The molecule has 39 heavy (non-hydrogen) atoms. The van der Waals surface area contributed by atoms with Gasteiger partial charge in [0.1, 0.15) is 5.75 Å². The fourth-order valence-electron chi connectivity index (χ4n) is 6.20. The highest BCUT2D eigenvalue weighted by Gasteiger charge is 2.42. The van der Waals surface area contributed by atoms with Gasteiger partial charge in [0.2, 0.25) is 0 Å². The SMILES string of the molecule is Cc1c(-c2cccc(N(C(=O)c3ccccc3)C3CC(C)(C)CC(C)(C)C3)c2)sc(C(=O)O)c1OCC(=O)O. The molecule has 4 rings (SSSR count). The highest BCUT2D eigenvalue weighted by molar-refractivity contribution is 7.18. The van der Waals surface area contributed by atoms with Crippen molar-refractivity contribution in [1.82, 2.24) is 0 Å². The van der Waals surface area contributed by atoms with Gasteiger partial charge in [0.05, 0.1) is 0 Å². The molecule has 1 fully saturated rings. The average Bonchev–Trinajstić information content (AvgIpc) is 3.18. The van der Waals surface area contributed by atoms with E-state index in [1.54, 1.807) is 6.92 Å². The molecule has 8 heteroatoms. The van der Waals surface area contributed by atoms with Crippen LogP contribution in [0.5, 0.6) is 5.75 Å². The zero-order valence-corrected chi connectivity index (χ0v) is 23.8. The van der Waals surface area contributed by atoms with Gasteiger partial charge in [0, 0.05) is 27.7 Å². The smallest absolute Gasteiger partial charge is 0.349 e. The predicted octanol–water partition coefficient (Wildman–Crippen LogP) is 7.14. The van der Waals surface area contributed by atoms with E-state index in [2.05, 4.69) is 27.7 Å². The minimum atomic E-state index is -1.19. The van der Waals surface area contributed by atoms with Crippen LogP contribution in [0.1, 0.15) is 72.6 Å². The first-order chi connectivity index (χ1) is 18.3. The number of carboxylic acid groups (broad SMARTS) is 2. The third-order valence-electron chi connectivity index (χ3n) is 7.15. The Bertz CT molecular complexity index is 1380. The summed E-state index contributed by atoms with van der Waals surface area (Å²) in [7, 11) is 0. The number of anilines is 1. The summed E-state index contributed by atoms with van der Waals surface area (Å²) >= 11 is 1.04. The van der Waals surface area contributed by atoms with Crippen LogP contribution in [0.3, 0.4) is 0 Å². The molecule has 0 spiro atoms. The normalized spacial score (nSPS) is 16.4. The second-order valence-corrected chi connectivity index (χ2v) is 12.9. The summed E-state index contributed by atoms with van der Waals surface area (Å²) in [5.41, 5.74) is 2.73. The van der Waals surface area contributed by atoms with Gasteiger partial charge in [-0.15, -0.1) is 11.3 Å². The van der Waals surface area contributed by atoms with Crippen molar-refractivity contribution in [3.8, 4) is 16.2 Å². The number of thiophene rings is 1. The molecule has 1 aliphatic rings. The summed E-state index contributed by atoms with van der Waals surface area (Å²) in [5, 5.41) is 18.8. The molecule has 0 saturated heterocycles. The topological polar surface area (TPSA) is 104 Å². The van der Waals surface area contributed by atoms with E-state index in [1.165, 1.54) is 0 Å². The molecule has 1 amide bonds. The van der Waals surface area contributed by atoms with Crippen molar-refractivity contribution >= 4 is 34.9 Å². The van der Waals surface area contributed by atoms with Gasteiger partial charge in [-0.05, 0) is 66.8 Å². The van der Waals surface area contributed by atoms with Crippen molar-refractivity contribution in [2.24, 2.45) is 10.8 Å². The number of ether oxygens (including phenoxy) is 1. The molecule has 2 aromatic carbocycles. The van der Waals surface area contributed by atoms with Crippen LogP contribution in [0.4, 0.5) is 5.69 Å². The van der Waals surface area contributed by atoms with Crippen molar-refractivity contribution in [3.05, 3.63) is 70.6 Å². The van der Waals surface area contributed by atoms with Gasteiger partial charge >= 0.3 is 11.9 Å². The summed E-state index contributed by atoms with van der Waals surface area (Å²) in [5.74, 6) is -2.39. The summed E-state index contributed by atoms with van der Waals surface area (Å²) < 4.78 is 5.37. The summed E-state index contributed by atoms with van der Waals surface area (Å²) in [4.78, 5) is 39.6. The van der Waals surface area contributed by atoms with Gasteiger partial charge in [-0.2, -0.15) is 0 Å². The van der Waals surface area contributed by atoms with E-state index in [9.17, 15) is 19.5 Å². The van der Waals surface area contributed by atoms with Crippen molar-refractivity contribution < 1.29 is 29.3 Å². The van der Waals surface area contributed by atoms with E-state index in [4.69, 9.17) is 9.84 Å². The van der Waals surface area contributed by atoms with Crippen molar-refractivity contribution in [2.75, 3.05) is 11.5 Å². The van der Waals surface area contributed by atoms with E-state index in [-0.39, 0.29) is 33.4 Å². The van der Waals surface area contributed by atoms with E-state index < -0.39 is 18.5 Å². The average molecular weight is 550 g/mol. The molecule has 1 aromatic heterocycles. The van der Waals surface area contributed by atoms with Crippen LogP contribution >= 0.6 is 11.3 Å². The molecule has 0 aliphatic heterocycles. The fraction of sp³-hybridized carbons (Fsp3) is 0.387. The van der Waals surface area contributed by atoms with Gasteiger partial charge in [-0.25, -0.2) is 9.59 Å². The van der Waals surface area contributed by atoms with Gasteiger partial charge < -0.3 is 19.8 Å². The van der Waals surface area contributed by atoms with Crippen molar-refractivity contribution in [1.29, 1.82) is 0 Å². The first-order valence-electron chi connectivity index (χ1n) is 13.0. The molecule has 0 unspecified atom stereocenters. The number of hydrogen-bond acceptors (Lipinski definition) is 5. The number of carboxylic acids is 2. The maximum Gasteiger partial charge on any atom is 0.349 e. The second kappa shape index (κ2) is 10.8. The van der Waals surface area contributed by atoms with Crippen LogP contribution in [0.25, 0.3) is 10.4 Å². The standard InChI is InChI=1S/C31H35NO6S/c1-19-25(38-17-24(33)34)27(29(36)37)39-26(19)21-12-9-13-22(14-21)32(28(35)20-10-7-6-8-11-20)23-15-30(2,3)18-31(4,5)16-23/h6-14,23H,15-18H2,1-5H3,(H,33,34)(H,36,37). The lowest BCUT2D eigenvalue weighted by Gasteiger charge is -2.48. The van der Waals surface area contributed by atoms with Crippen LogP contribution in [-0.4, -0.2) is 40.7 Å². The Morgan fingerprint density at radius 1 is 0.974 bits per heavy atom. The molecule has 1 saturated carbocycles. The monoisotopic (exact) mass is 549 g/mol. The third-order valence-corrected chi connectivity index (χ3v) is 8.46. The van der Waals surface area contributed by atoms with Gasteiger partial charge in [-0.1, -0.05) is 58.0 Å². The molecule has 0 radical (unpaired) electrons. The number of carbonyl (C=O) groups excluding carboxylic acids is 1. The van der Waals surface area contributed by atoms with Gasteiger partial charge in [0.25, 0.3) is 5.91 Å². The molecular formula is C31H35NO6S. The summed E-state index contributed by atoms with van der Waals surface area (Å²) in [6, 6.07) is 16.8. The predicted molar refractivity (Wildman–Crippen MR) is 153 cm³/mol. The lowest BCUT2D eigenvalue weighted by atomic mass is 9.63. The van der Waals surface area contributed by atoms with Crippen LogP contribution in [0.2, 0.25) is 0 Å². The van der Waals surface area contributed by atoms with Crippen LogP contribution in [-0.2, 0) is 4.79 Å². The van der Waals surface area contributed by atoms with Gasteiger partial charge in [-0.3, -0.25) is 4.79 Å². The Labute approximate surface area is 233 Å². The van der Waals surface area contributed by atoms with E-state index in [0.717, 1.165) is 41.9 Å². The van der Waals surface area contributed by atoms with Gasteiger partial charge in [0.15, 0.2) is 11.5 Å². The number of carbonyl (C=O) groups is 3. The molecule has 1 aliphatic carbocycles. The van der Waals surface area contributed by atoms with Crippen molar-refractivity contribution in [2.45, 2.75) is 59.9 Å². The van der Waals surface area contributed by atoms with E-state index >= 15 is 0 Å². The highest BCUT2D eigenvalue weighted by atomic mass is 32.1. The number of rotatable bonds is 8. The summed E-state index contributed by atoms with van der Waals surface area (Å²) in [6.07, 6.45) is 2.77. The number of aromatic carboxylic acids is 1. The Kier molecular flexibility index (Phi) is 7.89. The van der Waals surface area contributed by atoms with E-state index in [1.807, 2.05) is 59.5 Å².